The lowest BCUT2D eigenvalue weighted by Crippen LogP contribution is -2.28. The maximum atomic E-state index is 14.0. The smallest absolute Gasteiger partial charge is 0.303 e. The zero-order valence-corrected chi connectivity index (χ0v) is 20.4. The third-order valence-electron chi connectivity index (χ3n) is 6.88. The van der Waals surface area contributed by atoms with Crippen LogP contribution in [0.1, 0.15) is 53.2 Å². The number of hydrogen-bond donors (Lipinski definition) is 1. The van der Waals surface area contributed by atoms with Gasteiger partial charge in [0.1, 0.15) is 5.82 Å². The van der Waals surface area contributed by atoms with Gasteiger partial charge in [0.15, 0.2) is 0 Å². The molecule has 1 atom stereocenters. The molecule has 1 saturated heterocycles. The summed E-state index contributed by atoms with van der Waals surface area (Å²) in [6, 6.07) is 21.8. The normalized spacial score (nSPS) is 15.3. The molecular formula is C30H28FN3O3. The third kappa shape index (κ3) is 5.66. The second-order valence-corrected chi connectivity index (χ2v) is 9.48. The summed E-state index contributed by atoms with van der Waals surface area (Å²) in [5, 5.41) is 8.96. The molecule has 3 aromatic carbocycles. The van der Waals surface area contributed by atoms with Crippen LogP contribution in [0.3, 0.4) is 0 Å². The second-order valence-electron chi connectivity index (χ2n) is 9.48. The van der Waals surface area contributed by atoms with Gasteiger partial charge in [0.25, 0.3) is 5.91 Å². The summed E-state index contributed by atoms with van der Waals surface area (Å²) < 4.78 is 14.0. The van der Waals surface area contributed by atoms with E-state index in [0.29, 0.717) is 71.8 Å². The van der Waals surface area contributed by atoms with E-state index in [4.69, 9.17) is 15.1 Å². The number of amides is 1. The average molecular weight is 498 g/mol. The molecule has 7 heteroatoms. The van der Waals surface area contributed by atoms with E-state index < -0.39 is 5.97 Å². The van der Waals surface area contributed by atoms with E-state index in [-0.39, 0.29) is 18.1 Å². The number of unbranched alkanes of at least 4 members (excludes halogenated alkanes) is 1. The SMILES string of the molecule is O=C(O)CCCCc1nc2cc(C(=O)N3CCC(c4ccccc4)C3)ccc2nc1-c1cccc(F)c1. The Morgan fingerprint density at radius 2 is 1.78 bits per heavy atom. The third-order valence-corrected chi connectivity index (χ3v) is 6.88. The van der Waals surface area contributed by atoms with Crippen LogP contribution in [0.4, 0.5) is 4.39 Å². The van der Waals surface area contributed by atoms with Gasteiger partial charge in [-0.05, 0) is 61.6 Å². The first kappa shape index (κ1) is 24.6. The molecule has 1 fully saturated rings. The van der Waals surface area contributed by atoms with Crippen molar-refractivity contribution in [3.05, 3.63) is 95.4 Å². The topological polar surface area (TPSA) is 83.4 Å². The Kier molecular flexibility index (Phi) is 7.21. The van der Waals surface area contributed by atoms with Gasteiger partial charge in [-0.25, -0.2) is 14.4 Å². The van der Waals surface area contributed by atoms with Crippen LogP contribution in [0.2, 0.25) is 0 Å². The summed E-state index contributed by atoms with van der Waals surface area (Å²) >= 11 is 0. The molecule has 2 heterocycles. The van der Waals surface area contributed by atoms with Crippen molar-refractivity contribution in [1.82, 2.24) is 14.9 Å². The van der Waals surface area contributed by atoms with Gasteiger partial charge in [0.2, 0.25) is 0 Å². The van der Waals surface area contributed by atoms with E-state index >= 15 is 0 Å². The van der Waals surface area contributed by atoms with Crippen molar-refractivity contribution in [2.45, 2.75) is 38.0 Å². The molecule has 1 aliphatic heterocycles. The standard InChI is InChI=1S/C30H28FN3O3/c31-24-10-6-9-21(17-24)29-26(11-4-5-12-28(35)36)32-27-18-22(13-14-25(27)33-29)30(37)34-16-15-23(19-34)20-7-2-1-3-8-20/h1-3,6-10,13-14,17-18,23H,4-5,11-12,15-16,19H2,(H,35,36). The molecule has 5 rings (SSSR count). The van der Waals surface area contributed by atoms with E-state index in [9.17, 15) is 14.0 Å². The number of fused-ring (bicyclic) bond motifs is 1. The van der Waals surface area contributed by atoms with Crippen LogP contribution >= 0.6 is 0 Å². The number of rotatable bonds is 8. The van der Waals surface area contributed by atoms with Crippen LogP contribution in [-0.2, 0) is 11.2 Å². The van der Waals surface area contributed by atoms with Crippen LogP contribution in [0.5, 0.6) is 0 Å². The molecule has 4 aromatic rings. The number of aromatic nitrogens is 2. The van der Waals surface area contributed by atoms with E-state index in [1.54, 1.807) is 30.3 Å². The Labute approximate surface area is 214 Å². The van der Waals surface area contributed by atoms with Crippen molar-refractivity contribution >= 4 is 22.9 Å². The predicted octanol–water partition coefficient (Wildman–Crippen LogP) is 5.86. The zero-order chi connectivity index (χ0) is 25.8. The van der Waals surface area contributed by atoms with E-state index in [1.165, 1.54) is 17.7 Å². The molecule has 0 saturated carbocycles. The highest BCUT2D eigenvalue weighted by molar-refractivity contribution is 5.97. The summed E-state index contributed by atoms with van der Waals surface area (Å²) in [5.74, 6) is -0.901. The predicted molar refractivity (Wildman–Crippen MR) is 140 cm³/mol. The lowest BCUT2D eigenvalue weighted by molar-refractivity contribution is -0.137. The Morgan fingerprint density at radius 3 is 2.57 bits per heavy atom. The summed E-state index contributed by atoms with van der Waals surface area (Å²) in [4.78, 5) is 35.7. The highest BCUT2D eigenvalue weighted by Crippen LogP contribution is 2.29. The monoisotopic (exact) mass is 497 g/mol. The fourth-order valence-electron chi connectivity index (χ4n) is 4.96. The molecule has 1 amide bonds. The van der Waals surface area contributed by atoms with Crippen molar-refractivity contribution < 1.29 is 19.1 Å². The van der Waals surface area contributed by atoms with Crippen molar-refractivity contribution in [2.24, 2.45) is 0 Å². The van der Waals surface area contributed by atoms with Crippen molar-refractivity contribution in [3.63, 3.8) is 0 Å². The van der Waals surface area contributed by atoms with Crippen molar-refractivity contribution in [3.8, 4) is 11.3 Å². The first-order chi connectivity index (χ1) is 18.0. The molecule has 1 N–H and O–H groups in total. The fourth-order valence-corrected chi connectivity index (χ4v) is 4.96. The van der Waals surface area contributed by atoms with E-state index in [2.05, 4.69) is 12.1 Å². The van der Waals surface area contributed by atoms with Gasteiger partial charge in [0, 0.05) is 36.6 Å². The van der Waals surface area contributed by atoms with Crippen LogP contribution in [0.25, 0.3) is 22.3 Å². The van der Waals surface area contributed by atoms with Crippen LogP contribution in [-0.4, -0.2) is 44.9 Å². The van der Waals surface area contributed by atoms with Gasteiger partial charge in [-0.15, -0.1) is 0 Å². The molecule has 1 unspecified atom stereocenters. The number of carboxylic acid groups (broad SMARTS) is 1. The van der Waals surface area contributed by atoms with Crippen LogP contribution in [0, 0.1) is 5.82 Å². The fraction of sp³-hybridized carbons (Fsp3) is 0.267. The van der Waals surface area contributed by atoms with Crippen molar-refractivity contribution in [2.75, 3.05) is 13.1 Å². The Morgan fingerprint density at radius 1 is 0.946 bits per heavy atom. The number of hydrogen-bond acceptors (Lipinski definition) is 4. The lowest BCUT2D eigenvalue weighted by atomic mass is 9.99. The molecule has 188 valence electrons. The van der Waals surface area contributed by atoms with E-state index in [1.807, 2.05) is 23.1 Å². The highest BCUT2D eigenvalue weighted by atomic mass is 19.1. The number of aryl methyl sites for hydroxylation is 1. The minimum Gasteiger partial charge on any atom is -0.481 e. The molecule has 1 aromatic heterocycles. The molecule has 0 spiro atoms. The quantitative estimate of drug-likeness (QED) is 0.308. The molecular weight excluding hydrogens is 469 g/mol. The number of carbonyl (C=O) groups excluding carboxylic acids is 1. The van der Waals surface area contributed by atoms with Gasteiger partial charge in [0.05, 0.1) is 22.4 Å². The van der Waals surface area contributed by atoms with Gasteiger partial charge in [-0.1, -0.05) is 42.5 Å². The average Bonchev–Trinajstić information content (AvgIpc) is 3.41. The molecule has 6 nitrogen and oxygen atoms in total. The second kappa shape index (κ2) is 10.9. The largest absolute Gasteiger partial charge is 0.481 e. The zero-order valence-electron chi connectivity index (χ0n) is 20.4. The van der Waals surface area contributed by atoms with Crippen molar-refractivity contribution in [1.29, 1.82) is 0 Å². The number of nitrogens with zero attached hydrogens (tertiary/aromatic N) is 3. The first-order valence-electron chi connectivity index (χ1n) is 12.6. The number of carboxylic acids is 1. The summed E-state index contributed by atoms with van der Waals surface area (Å²) in [5.41, 5.74) is 4.88. The maximum absolute atomic E-state index is 14.0. The highest BCUT2D eigenvalue weighted by Gasteiger charge is 2.28. The number of halogens is 1. The first-order valence-corrected chi connectivity index (χ1v) is 12.6. The van der Waals surface area contributed by atoms with Gasteiger partial charge in [-0.2, -0.15) is 0 Å². The Hall–Kier alpha value is -4.13. The van der Waals surface area contributed by atoms with Crippen LogP contribution < -0.4 is 0 Å². The van der Waals surface area contributed by atoms with Gasteiger partial charge < -0.3 is 10.0 Å². The number of benzene rings is 3. The summed E-state index contributed by atoms with van der Waals surface area (Å²) in [6.45, 7) is 1.38. The molecule has 1 aliphatic rings. The van der Waals surface area contributed by atoms with Crippen LogP contribution in [0.15, 0.2) is 72.8 Å². The van der Waals surface area contributed by atoms with E-state index in [0.717, 1.165) is 6.42 Å². The molecule has 0 bridgehead atoms. The summed E-state index contributed by atoms with van der Waals surface area (Å²) in [7, 11) is 0. The van der Waals surface area contributed by atoms with Gasteiger partial charge in [-0.3, -0.25) is 9.59 Å². The number of carbonyl (C=O) groups is 2. The Bertz CT molecular complexity index is 1440. The minimum atomic E-state index is -0.838. The lowest BCUT2D eigenvalue weighted by Gasteiger charge is -2.17. The molecule has 37 heavy (non-hydrogen) atoms. The number of aliphatic carboxylic acids is 1. The maximum Gasteiger partial charge on any atom is 0.303 e. The molecule has 0 radical (unpaired) electrons. The minimum absolute atomic E-state index is 0.0284. The summed E-state index contributed by atoms with van der Waals surface area (Å²) in [6.07, 6.45) is 2.64. The van der Waals surface area contributed by atoms with Gasteiger partial charge >= 0.3 is 5.97 Å². The molecule has 0 aliphatic carbocycles. The number of likely N-dealkylation sites (tertiary alicyclic amines) is 1. The Balaban J connectivity index is 1.42.